The Morgan fingerprint density at radius 3 is 2.86 bits per heavy atom. The molecular formula is C11H22O3. The lowest BCUT2D eigenvalue weighted by Gasteiger charge is -2.40. The summed E-state index contributed by atoms with van der Waals surface area (Å²) in [6.45, 7) is 4.73. The predicted molar refractivity (Wildman–Crippen MR) is 55.2 cm³/mol. The zero-order valence-corrected chi connectivity index (χ0v) is 9.29. The number of hydrogen-bond donors (Lipinski definition) is 1. The molecule has 3 nitrogen and oxygen atoms in total. The minimum atomic E-state index is -0.0171. The van der Waals surface area contributed by atoms with Crippen molar-refractivity contribution in [3.05, 3.63) is 0 Å². The summed E-state index contributed by atoms with van der Waals surface area (Å²) in [6.07, 6.45) is 3.15. The van der Waals surface area contributed by atoms with Crippen molar-refractivity contribution in [1.29, 1.82) is 0 Å². The maximum absolute atomic E-state index is 9.49. The van der Waals surface area contributed by atoms with Gasteiger partial charge < -0.3 is 14.6 Å². The van der Waals surface area contributed by atoms with Gasteiger partial charge in [0, 0.05) is 25.7 Å². The molecule has 1 rings (SSSR count). The van der Waals surface area contributed by atoms with E-state index in [0.29, 0.717) is 12.5 Å². The first-order valence-corrected chi connectivity index (χ1v) is 5.43. The van der Waals surface area contributed by atoms with Crippen LogP contribution in [0.25, 0.3) is 0 Å². The summed E-state index contributed by atoms with van der Waals surface area (Å²) in [5.41, 5.74) is -0.0171. The molecule has 0 aromatic heterocycles. The quantitative estimate of drug-likeness (QED) is 0.733. The summed E-state index contributed by atoms with van der Waals surface area (Å²) in [7, 11) is 1.72. The maximum atomic E-state index is 9.49. The fraction of sp³-hybridized carbons (Fsp3) is 1.00. The first-order chi connectivity index (χ1) is 6.75. The SMILES string of the molecule is COCCC(C)C1(CO)CCCOC1. The molecule has 0 saturated carbocycles. The van der Waals surface area contributed by atoms with Crippen molar-refractivity contribution < 1.29 is 14.6 Å². The molecule has 0 aromatic rings. The fourth-order valence-electron chi connectivity index (χ4n) is 2.14. The molecule has 0 amide bonds. The Morgan fingerprint density at radius 1 is 1.57 bits per heavy atom. The van der Waals surface area contributed by atoms with Gasteiger partial charge in [-0.2, -0.15) is 0 Å². The molecule has 1 fully saturated rings. The monoisotopic (exact) mass is 202 g/mol. The van der Waals surface area contributed by atoms with E-state index in [0.717, 1.165) is 32.5 Å². The normalized spacial score (nSPS) is 30.2. The molecule has 84 valence electrons. The van der Waals surface area contributed by atoms with Crippen molar-refractivity contribution in [3.63, 3.8) is 0 Å². The number of hydrogen-bond acceptors (Lipinski definition) is 3. The van der Waals surface area contributed by atoms with Crippen LogP contribution in [0.5, 0.6) is 0 Å². The van der Waals surface area contributed by atoms with Gasteiger partial charge in [-0.05, 0) is 25.2 Å². The fourth-order valence-corrected chi connectivity index (χ4v) is 2.14. The van der Waals surface area contributed by atoms with Gasteiger partial charge in [-0.1, -0.05) is 6.92 Å². The number of aliphatic hydroxyl groups is 1. The molecule has 1 saturated heterocycles. The molecule has 0 bridgehead atoms. The first kappa shape index (κ1) is 12.0. The molecular weight excluding hydrogens is 180 g/mol. The van der Waals surface area contributed by atoms with E-state index < -0.39 is 0 Å². The van der Waals surface area contributed by atoms with Crippen LogP contribution >= 0.6 is 0 Å². The Hall–Kier alpha value is -0.120. The second-order valence-corrected chi connectivity index (χ2v) is 4.36. The average molecular weight is 202 g/mol. The Labute approximate surface area is 86.4 Å². The standard InChI is InChI=1S/C11H22O3/c1-10(4-7-13-2)11(8-12)5-3-6-14-9-11/h10,12H,3-9H2,1-2H3. The second kappa shape index (κ2) is 5.69. The number of methoxy groups -OCH3 is 1. The summed E-state index contributed by atoms with van der Waals surface area (Å²) in [5, 5.41) is 9.49. The van der Waals surface area contributed by atoms with Crippen LogP contribution in [0.15, 0.2) is 0 Å². The first-order valence-electron chi connectivity index (χ1n) is 5.43. The third-order valence-corrected chi connectivity index (χ3v) is 3.47. The van der Waals surface area contributed by atoms with Crippen molar-refractivity contribution >= 4 is 0 Å². The van der Waals surface area contributed by atoms with Gasteiger partial charge in [-0.15, -0.1) is 0 Å². The molecule has 2 unspecified atom stereocenters. The Kier molecular flexibility index (Phi) is 4.85. The molecule has 1 heterocycles. The summed E-state index contributed by atoms with van der Waals surface area (Å²) < 4.78 is 10.5. The van der Waals surface area contributed by atoms with Crippen LogP contribution < -0.4 is 0 Å². The number of rotatable bonds is 5. The molecule has 1 aliphatic rings. The van der Waals surface area contributed by atoms with Gasteiger partial charge in [0.05, 0.1) is 13.2 Å². The van der Waals surface area contributed by atoms with E-state index in [1.165, 1.54) is 0 Å². The summed E-state index contributed by atoms with van der Waals surface area (Å²) in [5.74, 6) is 0.466. The average Bonchev–Trinajstić information content (AvgIpc) is 2.26. The van der Waals surface area contributed by atoms with Crippen molar-refractivity contribution in [2.24, 2.45) is 11.3 Å². The Morgan fingerprint density at radius 2 is 2.36 bits per heavy atom. The van der Waals surface area contributed by atoms with E-state index in [2.05, 4.69) is 6.92 Å². The van der Waals surface area contributed by atoms with E-state index in [1.807, 2.05) is 0 Å². The van der Waals surface area contributed by atoms with Gasteiger partial charge in [-0.3, -0.25) is 0 Å². The molecule has 2 atom stereocenters. The summed E-state index contributed by atoms with van der Waals surface area (Å²) in [4.78, 5) is 0. The van der Waals surface area contributed by atoms with Crippen LogP contribution in [0.4, 0.5) is 0 Å². The zero-order chi connectivity index (χ0) is 10.4. The highest BCUT2D eigenvalue weighted by molar-refractivity contribution is 4.85. The highest BCUT2D eigenvalue weighted by Crippen LogP contribution is 2.37. The van der Waals surface area contributed by atoms with Gasteiger partial charge in [0.15, 0.2) is 0 Å². The maximum Gasteiger partial charge on any atom is 0.0546 e. The molecule has 1 aliphatic heterocycles. The molecule has 0 aliphatic carbocycles. The van der Waals surface area contributed by atoms with Gasteiger partial charge in [-0.25, -0.2) is 0 Å². The van der Waals surface area contributed by atoms with E-state index in [1.54, 1.807) is 7.11 Å². The van der Waals surface area contributed by atoms with Crippen LogP contribution in [0.2, 0.25) is 0 Å². The molecule has 1 N–H and O–H groups in total. The third-order valence-electron chi connectivity index (χ3n) is 3.47. The predicted octanol–water partition coefficient (Wildman–Crippen LogP) is 1.45. The Balaban J connectivity index is 2.48. The van der Waals surface area contributed by atoms with Gasteiger partial charge in [0.2, 0.25) is 0 Å². The smallest absolute Gasteiger partial charge is 0.0546 e. The van der Waals surface area contributed by atoms with E-state index >= 15 is 0 Å². The third kappa shape index (κ3) is 2.69. The Bertz CT molecular complexity index is 153. The molecule has 14 heavy (non-hydrogen) atoms. The van der Waals surface area contributed by atoms with Crippen molar-refractivity contribution in [2.45, 2.75) is 26.2 Å². The molecule has 3 heteroatoms. The number of ether oxygens (including phenoxy) is 2. The van der Waals surface area contributed by atoms with E-state index in [-0.39, 0.29) is 12.0 Å². The van der Waals surface area contributed by atoms with Crippen LogP contribution in [-0.2, 0) is 9.47 Å². The number of aliphatic hydroxyl groups excluding tert-OH is 1. The minimum absolute atomic E-state index is 0.0171. The summed E-state index contributed by atoms with van der Waals surface area (Å²) >= 11 is 0. The van der Waals surface area contributed by atoms with Crippen LogP contribution in [-0.4, -0.2) is 38.6 Å². The van der Waals surface area contributed by atoms with Crippen molar-refractivity contribution in [2.75, 3.05) is 33.5 Å². The largest absolute Gasteiger partial charge is 0.396 e. The van der Waals surface area contributed by atoms with Crippen LogP contribution in [0, 0.1) is 11.3 Å². The van der Waals surface area contributed by atoms with E-state index in [9.17, 15) is 5.11 Å². The highest BCUT2D eigenvalue weighted by Gasteiger charge is 2.37. The zero-order valence-electron chi connectivity index (χ0n) is 9.29. The topological polar surface area (TPSA) is 38.7 Å². The molecule has 0 aromatic carbocycles. The van der Waals surface area contributed by atoms with E-state index in [4.69, 9.17) is 9.47 Å². The lowest BCUT2D eigenvalue weighted by atomic mass is 9.72. The van der Waals surface area contributed by atoms with Crippen LogP contribution in [0.1, 0.15) is 26.2 Å². The molecule has 0 spiro atoms. The van der Waals surface area contributed by atoms with Gasteiger partial charge in [0.25, 0.3) is 0 Å². The summed E-state index contributed by atoms with van der Waals surface area (Å²) in [6, 6.07) is 0. The van der Waals surface area contributed by atoms with Crippen LogP contribution in [0.3, 0.4) is 0 Å². The van der Waals surface area contributed by atoms with Gasteiger partial charge in [0.1, 0.15) is 0 Å². The second-order valence-electron chi connectivity index (χ2n) is 4.36. The highest BCUT2D eigenvalue weighted by atomic mass is 16.5. The van der Waals surface area contributed by atoms with Gasteiger partial charge >= 0.3 is 0 Å². The molecule has 0 radical (unpaired) electrons. The lowest BCUT2D eigenvalue weighted by Crippen LogP contribution is -2.41. The minimum Gasteiger partial charge on any atom is -0.396 e. The van der Waals surface area contributed by atoms with Crippen molar-refractivity contribution in [3.8, 4) is 0 Å². The van der Waals surface area contributed by atoms with Crippen molar-refractivity contribution in [1.82, 2.24) is 0 Å². The lowest BCUT2D eigenvalue weighted by molar-refractivity contribution is -0.0733.